The van der Waals surface area contributed by atoms with Crippen LogP contribution in [0, 0.1) is 0 Å². The average Bonchev–Trinajstić information content (AvgIpc) is 2.25. The quantitative estimate of drug-likeness (QED) is 0.656. The first-order valence-corrected chi connectivity index (χ1v) is 6.32. The summed E-state index contributed by atoms with van der Waals surface area (Å²) in [5.74, 6) is -0.215. The van der Waals surface area contributed by atoms with E-state index in [9.17, 15) is 9.59 Å². The molecule has 1 fully saturated rings. The van der Waals surface area contributed by atoms with Crippen molar-refractivity contribution in [3.63, 3.8) is 0 Å². The summed E-state index contributed by atoms with van der Waals surface area (Å²) in [4.78, 5) is 23.1. The Morgan fingerprint density at radius 1 is 1.35 bits per heavy atom. The van der Waals surface area contributed by atoms with E-state index in [1.54, 1.807) is 0 Å². The first kappa shape index (κ1) is 14.0. The van der Waals surface area contributed by atoms with Gasteiger partial charge in [-0.3, -0.25) is 9.59 Å². The molecular formula is C12H23N3O2. The van der Waals surface area contributed by atoms with Crippen molar-refractivity contribution in [2.24, 2.45) is 0 Å². The van der Waals surface area contributed by atoms with E-state index in [0.29, 0.717) is 6.04 Å². The molecule has 2 amide bonds. The minimum atomic E-state index is -0.148. The second kappa shape index (κ2) is 6.59. The molecule has 5 nitrogen and oxygen atoms in total. The van der Waals surface area contributed by atoms with Crippen LogP contribution in [-0.2, 0) is 9.59 Å². The summed E-state index contributed by atoms with van der Waals surface area (Å²) in [6.07, 6.45) is 3.02. The lowest BCUT2D eigenvalue weighted by atomic mass is 9.99. The zero-order chi connectivity index (χ0) is 12.8. The maximum absolute atomic E-state index is 11.8. The SMILES string of the molecule is CC(C)NC(=O)CNC(=O)C1CCCC(C)N1. The lowest BCUT2D eigenvalue weighted by molar-refractivity contribution is -0.128. The molecule has 17 heavy (non-hydrogen) atoms. The molecule has 0 aliphatic carbocycles. The largest absolute Gasteiger partial charge is 0.352 e. The van der Waals surface area contributed by atoms with Crippen LogP contribution in [0.4, 0.5) is 0 Å². The predicted octanol–water partition coefficient (Wildman–Crippen LogP) is 0.158. The summed E-state index contributed by atoms with van der Waals surface area (Å²) in [6.45, 7) is 5.92. The molecule has 2 unspecified atom stereocenters. The molecule has 0 saturated carbocycles. The van der Waals surface area contributed by atoms with Gasteiger partial charge in [-0.05, 0) is 40.0 Å². The Morgan fingerprint density at radius 3 is 2.65 bits per heavy atom. The van der Waals surface area contributed by atoms with E-state index in [2.05, 4.69) is 22.9 Å². The van der Waals surface area contributed by atoms with E-state index < -0.39 is 0 Å². The third-order valence-electron chi connectivity index (χ3n) is 2.80. The van der Waals surface area contributed by atoms with Crippen molar-refractivity contribution in [3.8, 4) is 0 Å². The van der Waals surface area contributed by atoms with Crippen molar-refractivity contribution in [2.75, 3.05) is 6.54 Å². The number of carbonyl (C=O) groups excluding carboxylic acids is 2. The monoisotopic (exact) mass is 241 g/mol. The van der Waals surface area contributed by atoms with Gasteiger partial charge in [0.15, 0.2) is 0 Å². The zero-order valence-electron chi connectivity index (χ0n) is 10.9. The molecule has 1 rings (SSSR count). The van der Waals surface area contributed by atoms with Crippen molar-refractivity contribution in [2.45, 2.75) is 58.2 Å². The number of piperidine rings is 1. The van der Waals surface area contributed by atoms with Gasteiger partial charge in [0, 0.05) is 12.1 Å². The standard InChI is InChI=1S/C12H23N3O2/c1-8(2)14-11(16)7-13-12(17)10-6-4-5-9(3)15-10/h8-10,15H,4-7H2,1-3H3,(H,13,17)(H,14,16). The number of rotatable bonds is 4. The van der Waals surface area contributed by atoms with Crippen LogP contribution >= 0.6 is 0 Å². The Morgan fingerprint density at radius 2 is 2.06 bits per heavy atom. The molecule has 1 heterocycles. The van der Waals surface area contributed by atoms with E-state index in [1.165, 1.54) is 0 Å². The van der Waals surface area contributed by atoms with E-state index in [-0.39, 0.29) is 30.4 Å². The molecule has 1 aliphatic rings. The summed E-state index contributed by atoms with van der Waals surface area (Å²) >= 11 is 0. The van der Waals surface area contributed by atoms with E-state index in [4.69, 9.17) is 0 Å². The van der Waals surface area contributed by atoms with Gasteiger partial charge in [0.2, 0.25) is 11.8 Å². The molecule has 0 bridgehead atoms. The molecule has 3 N–H and O–H groups in total. The summed E-state index contributed by atoms with van der Waals surface area (Å²) in [5, 5.41) is 8.64. The number of hydrogen-bond acceptors (Lipinski definition) is 3. The number of amides is 2. The number of carbonyl (C=O) groups is 2. The minimum Gasteiger partial charge on any atom is -0.352 e. The maximum atomic E-state index is 11.8. The van der Waals surface area contributed by atoms with Gasteiger partial charge in [0.25, 0.3) is 0 Å². The van der Waals surface area contributed by atoms with Crippen LogP contribution in [0.5, 0.6) is 0 Å². The van der Waals surface area contributed by atoms with Crippen LogP contribution < -0.4 is 16.0 Å². The third kappa shape index (κ3) is 5.17. The third-order valence-corrected chi connectivity index (χ3v) is 2.80. The topological polar surface area (TPSA) is 70.2 Å². The van der Waals surface area contributed by atoms with Crippen molar-refractivity contribution in [1.82, 2.24) is 16.0 Å². The Bertz CT molecular complexity index is 279. The molecular weight excluding hydrogens is 218 g/mol. The molecule has 0 radical (unpaired) electrons. The molecule has 0 aromatic heterocycles. The van der Waals surface area contributed by atoms with Crippen molar-refractivity contribution < 1.29 is 9.59 Å². The minimum absolute atomic E-state index is 0.0591. The molecule has 0 spiro atoms. The van der Waals surface area contributed by atoms with Crippen LogP contribution in [0.3, 0.4) is 0 Å². The normalized spacial score (nSPS) is 24.5. The number of nitrogens with one attached hydrogen (secondary N) is 3. The highest BCUT2D eigenvalue weighted by molar-refractivity contribution is 5.87. The van der Waals surface area contributed by atoms with Gasteiger partial charge in [-0.1, -0.05) is 0 Å². The fraction of sp³-hybridized carbons (Fsp3) is 0.833. The fourth-order valence-electron chi connectivity index (χ4n) is 2.01. The second-order valence-corrected chi connectivity index (χ2v) is 4.99. The molecule has 98 valence electrons. The van der Waals surface area contributed by atoms with Gasteiger partial charge >= 0.3 is 0 Å². The average molecular weight is 241 g/mol. The molecule has 1 aliphatic heterocycles. The molecule has 1 saturated heterocycles. The summed E-state index contributed by atoms with van der Waals surface area (Å²) in [7, 11) is 0. The van der Waals surface area contributed by atoms with Gasteiger partial charge < -0.3 is 16.0 Å². The van der Waals surface area contributed by atoms with Gasteiger partial charge in [-0.15, -0.1) is 0 Å². The van der Waals surface area contributed by atoms with Gasteiger partial charge in [0.1, 0.15) is 0 Å². The van der Waals surface area contributed by atoms with Crippen LogP contribution in [0.1, 0.15) is 40.0 Å². The van der Waals surface area contributed by atoms with E-state index in [1.807, 2.05) is 13.8 Å². The first-order chi connectivity index (χ1) is 7.99. The molecule has 0 aromatic carbocycles. The van der Waals surface area contributed by atoms with E-state index >= 15 is 0 Å². The highest BCUT2D eigenvalue weighted by Gasteiger charge is 2.24. The molecule has 0 aromatic rings. The van der Waals surface area contributed by atoms with Crippen molar-refractivity contribution in [3.05, 3.63) is 0 Å². The first-order valence-electron chi connectivity index (χ1n) is 6.32. The van der Waals surface area contributed by atoms with Crippen LogP contribution in [-0.4, -0.2) is 36.5 Å². The molecule has 2 atom stereocenters. The van der Waals surface area contributed by atoms with Gasteiger partial charge in [-0.2, -0.15) is 0 Å². The van der Waals surface area contributed by atoms with E-state index in [0.717, 1.165) is 19.3 Å². The Labute approximate surface area is 103 Å². The van der Waals surface area contributed by atoms with Gasteiger partial charge in [0.05, 0.1) is 12.6 Å². The number of hydrogen-bond donors (Lipinski definition) is 3. The maximum Gasteiger partial charge on any atom is 0.239 e. The highest BCUT2D eigenvalue weighted by Crippen LogP contribution is 2.11. The Kier molecular flexibility index (Phi) is 5.41. The predicted molar refractivity (Wildman–Crippen MR) is 66.5 cm³/mol. The van der Waals surface area contributed by atoms with Crippen LogP contribution in [0.25, 0.3) is 0 Å². The summed E-state index contributed by atoms with van der Waals surface area (Å²) < 4.78 is 0. The summed E-state index contributed by atoms with van der Waals surface area (Å²) in [5.41, 5.74) is 0. The lowest BCUT2D eigenvalue weighted by Gasteiger charge is -2.27. The smallest absolute Gasteiger partial charge is 0.239 e. The van der Waals surface area contributed by atoms with Crippen molar-refractivity contribution >= 4 is 11.8 Å². The van der Waals surface area contributed by atoms with Crippen LogP contribution in [0.2, 0.25) is 0 Å². The van der Waals surface area contributed by atoms with Crippen LogP contribution in [0.15, 0.2) is 0 Å². The second-order valence-electron chi connectivity index (χ2n) is 4.99. The molecule has 5 heteroatoms. The summed E-state index contributed by atoms with van der Waals surface area (Å²) in [6, 6.07) is 0.335. The van der Waals surface area contributed by atoms with Gasteiger partial charge in [-0.25, -0.2) is 0 Å². The Balaban J connectivity index is 2.26. The lowest BCUT2D eigenvalue weighted by Crippen LogP contribution is -2.51. The van der Waals surface area contributed by atoms with Crippen molar-refractivity contribution in [1.29, 1.82) is 0 Å². The zero-order valence-corrected chi connectivity index (χ0v) is 10.9. The fourth-order valence-corrected chi connectivity index (χ4v) is 2.01. The Hall–Kier alpha value is -1.10. The highest BCUT2D eigenvalue weighted by atomic mass is 16.2.